The lowest BCUT2D eigenvalue weighted by Crippen LogP contribution is -2.28. The number of likely N-dealkylation sites (N-methyl/N-ethyl adjacent to an activating group) is 1. The Kier molecular flexibility index (Phi) is 3.47. The minimum atomic E-state index is -3.72. The van der Waals surface area contributed by atoms with Crippen molar-refractivity contribution in [2.75, 3.05) is 13.6 Å². The van der Waals surface area contributed by atoms with Crippen LogP contribution in [0.3, 0.4) is 0 Å². The summed E-state index contributed by atoms with van der Waals surface area (Å²) in [6.45, 7) is 1.39. The van der Waals surface area contributed by atoms with Gasteiger partial charge < -0.3 is 4.90 Å². The van der Waals surface area contributed by atoms with Crippen molar-refractivity contribution in [3.8, 4) is 0 Å². The van der Waals surface area contributed by atoms with Gasteiger partial charge in [0.2, 0.25) is 0 Å². The van der Waals surface area contributed by atoms with Gasteiger partial charge in [-0.3, -0.25) is 0 Å². The molecule has 0 saturated heterocycles. The maximum atomic E-state index is 13.8. The maximum Gasteiger partial charge on any atom is 0.268 e. The van der Waals surface area contributed by atoms with Gasteiger partial charge in [-0.05, 0) is 42.9 Å². The third-order valence-corrected chi connectivity index (χ3v) is 6.30. The monoisotopic (exact) mass is 344 g/mol. The number of aromatic nitrogens is 1. The smallest absolute Gasteiger partial charge is 0.268 e. The molecule has 1 aliphatic rings. The van der Waals surface area contributed by atoms with E-state index in [1.54, 1.807) is 36.4 Å². The minimum absolute atomic E-state index is 0.243. The highest BCUT2D eigenvalue weighted by Gasteiger charge is 2.29. The van der Waals surface area contributed by atoms with E-state index in [9.17, 15) is 12.8 Å². The van der Waals surface area contributed by atoms with Gasteiger partial charge in [-0.25, -0.2) is 16.8 Å². The summed E-state index contributed by atoms with van der Waals surface area (Å²) < 4.78 is 41.6. The minimum Gasteiger partial charge on any atom is -0.302 e. The van der Waals surface area contributed by atoms with Gasteiger partial charge in [0.15, 0.2) is 0 Å². The van der Waals surface area contributed by atoms with Crippen LogP contribution in [0.25, 0.3) is 10.9 Å². The molecule has 124 valence electrons. The first-order chi connectivity index (χ1) is 11.5. The zero-order valence-corrected chi connectivity index (χ0v) is 14.1. The average Bonchev–Trinajstić information content (AvgIpc) is 2.89. The van der Waals surface area contributed by atoms with Gasteiger partial charge in [-0.15, -0.1) is 0 Å². The predicted molar refractivity (Wildman–Crippen MR) is 91.0 cm³/mol. The second kappa shape index (κ2) is 5.43. The molecule has 0 amide bonds. The first-order valence-corrected chi connectivity index (χ1v) is 9.23. The molecule has 3 aromatic rings. The van der Waals surface area contributed by atoms with Gasteiger partial charge in [0.05, 0.1) is 10.4 Å². The second-order valence-electron chi connectivity index (χ2n) is 6.16. The van der Waals surface area contributed by atoms with E-state index in [4.69, 9.17) is 0 Å². The van der Waals surface area contributed by atoms with E-state index in [1.165, 1.54) is 16.1 Å². The molecule has 0 radical (unpaired) electrons. The van der Waals surface area contributed by atoms with Gasteiger partial charge in [0.1, 0.15) is 5.82 Å². The number of nitrogens with zero attached hydrogens (tertiary/aromatic N) is 2. The fourth-order valence-corrected chi connectivity index (χ4v) is 5.02. The number of hydrogen-bond acceptors (Lipinski definition) is 3. The molecule has 0 atom stereocenters. The molecular formula is C18H17FN2O2S. The molecule has 0 bridgehead atoms. The molecule has 2 heterocycles. The van der Waals surface area contributed by atoms with E-state index in [0.717, 1.165) is 17.8 Å². The van der Waals surface area contributed by atoms with E-state index < -0.39 is 10.0 Å². The molecule has 4 rings (SSSR count). The molecule has 1 aromatic heterocycles. The number of rotatable bonds is 2. The van der Waals surface area contributed by atoms with E-state index in [-0.39, 0.29) is 10.7 Å². The molecular weight excluding hydrogens is 327 g/mol. The third-order valence-electron chi connectivity index (χ3n) is 4.54. The van der Waals surface area contributed by atoms with Crippen LogP contribution >= 0.6 is 0 Å². The highest BCUT2D eigenvalue weighted by molar-refractivity contribution is 7.90. The van der Waals surface area contributed by atoms with Crippen LogP contribution in [0.4, 0.5) is 4.39 Å². The lowest BCUT2D eigenvalue weighted by molar-refractivity contribution is 0.312. The molecule has 0 aliphatic carbocycles. The Morgan fingerprint density at radius 2 is 1.83 bits per heavy atom. The molecule has 0 unspecified atom stereocenters. The Bertz CT molecular complexity index is 1030. The van der Waals surface area contributed by atoms with Crippen LogP contribution in [-0.2, 0) is 23.0 Å². The van der Waals surface area contributed by atoms with Crippen LogP contribution < -0.4 is 0 Å². The van der Waals surface area contributed by atoms with Crippen LogP contribution in [0.1, 0.15) is 11.3 Å². The highest BCUT2D eigenvalue weighted by Crippen LogP contribution is 2.34. The van der Waals surface area contributed by atoms with Crippen LogP contribution in [0.15, 0.2) is 53.4 Å². The van der Waals surface area contributed by atoms with Crippen molar-refractivity contribution in [2.24, 2.45) is 0 Å². The number of halogens is 1. The summed E-state index contributed by atoms with van der Waals surface area (Å²) in [6.07, 6.45) is 0.619. The third kappa shape index (κ3) is 2.25. The lowest BCUT2D eigenvalue weighted by Gasteiger charge is -2.24. The predicted octanol–water partition coefficient (Wildman–Crippen LogP) is 3.01. The SMILES string of the molecule is CN1CCc2c(c3cc(F)ccc3n2S(=O)(=O)c2ccccc2)C1. The van der Waals surface area contributed by atoms with Gasteiger partial charge in [-0.1, -0.05) is 18.2 Å². The van der Waals surface area contributed by atoms with Crippen LogP contribution in [0.5, 0.6) is 0 Å². The lowest BCUT2D eigenvalue weighted by atomic mass is 10.1. The molecule has 0 spiro atoms. The van der Waals surface area contributed by atoms with Crippen molar-refractivity contribution in [1.82, 2.24) is 8.87 Å². The number of benzene rings is 2. The Morgan fingerprint density at radius 1 is 1.08 bits per heavy atom. The summed E-state index contributed by atoms with van der Waals surface area (Å²) in [5, 5.41) is 0.677. The first kappa shape index (κ1) is 15.4. The highest BCUT2D eigenvalue weighted by atomic mass is 32.2. The fourth-order valence-electron chi connectivity index (χ4n) is 3.40. The molecule has 0 saturated carbocycles. The Balaban J connectivity index is 2.06. The van der Waals surface area contributed by atoms with Crippen molar-refractivity contribution in [1.29, 1.82) is 0 Å². The van der Waals surface area contributed by atoms with Crippen molar-refractivity contribution in [2.45, 2.75) is 17.9 Å². The van der Waals surface area contributed by atoms with Gasteiger partial charge in [0, 0.05) is 30.6 Å². The topological polar surface area (TPSA) is 42.3 Å². The summed E-state index contributed by atoms with van der Waals surface area (Å²) in [5.41, 5.74) is 2.20. The standard InChI is InChI=1S/C18H17FN2O2S/c1-20-10-9-18-16(12-20)15-11-13(19)7-8-17(15)21(18)24(22,23)14-5-3-2-4-6-14/h2-8,11H,9-10,12H2,1H3. The van der Waals surface area contributed by atoms with Gasteiger partial charge in [-0.2, -0.15) is 0 Å². The van der Waals surface area contributed by atoms with E-state index in [0.29, 0.717) is 23.9 Å². The summed E-state index contributed by atoms with van der Waals surface area (Å²) in [5.74, 6) is -0.354. The van der Waals surface area contributed by atoms with E-state index in [2.05, 4.69) is 4.90 Å². The number of hydrogen-bond donors (Lipinski definition) is 0. The van der Waals surface area contributed by atoms with E-state index >= 15 is 0 Å². The molecule has 24 heavy (non-hydrogen) atoms. The fraction of sp³-hybridized carbons (Fsp3) is 0.222. The van der Waals surface area contributed by atoms with Crippen molar-refractivity contribution in [3.63, 3.8) is 0 Å². The summed E-state index contributed by atoms with van der Waals surface area (Å²) in [4.78, 5) is 2.36. The first-order valence-electron chi connectivity index (χ1n) is 7.79. The Labute approximate surface area is 140 Å². The summed E-state index contributed by atoms with van der Waals surface area (Å²) >= 11 is 0. The molecule has 1 aliphatic heterocycles. The summed E-state index contributed by atoms with van der Waals surface area (Å²) in [7, 11) is -1.74. The molecule has 4 nitrogen and oxygen atoms in total. The normalized spacial score (nSPS) is 15.6. The number of fused-ring (bicyclic) bond motifs is 3. The zero-order valence-electron chi connectivity index (χ0n) is 13.2. The molecule has 0 fully saturated rings. The van der Waals surface area contributed by atoms with Crippen molar-refractivity contribution < 1.29 is 12.8 Å². The molecule has 6 heteroatoms. The van der Waals surface area contributed by atoms with E-state index in [1.807, 2.05) is 7.05 Å². The second-order valence-corrected chi connectivity index (χ2v) is 7.94. The molecule has 0 N–H and O–H groups in total. The van der Waals surface area contributed by atoms with Crippen LogP contribution in [-0.4, -0.2) is 30.9 Å². The largest absolute Gasteiger partial charge is 0.302 e. The quantitative estimate of drug-likeness (QED) is 0.718. The van der Waals surface area contributed by atoms with Crippen LogP contribution in [0, 0.1) is 5.82 Å². The van der Waals surface area contributed by atoms with Crippen molar-refractivity contribution in [3.05, 3.63) is 65.6 Å². The maximum absolute atomic E-state index is 13.8. The van der Waals surface area contributed by atoms with Gasteiger partial charge in [0.25, 0.3) is 10.0 Å². The van der Waals surface area contributed by atoms with Crippen molar-refractivity contribution >= 4 is 20.9 Å². The zero-order chi connectivity index (χ0) is 16.9. The molecule has 2 aromatic carbocycles. The Hall–Kier alpha value is -2.18. The van der Waals surface area contributed by atoms with Gasteiger partial charge >= 0.3 is 0 Å². The summed E-state index contributed by atoms with van der Waals surface area (Å²) in [6, 6.07) is 12.7. The Morgan fingerprint density at radius 3 is 2.58 bits per heavy atom. The average molecular weight is 344 g/mol. The van der Waals surface area contributed by atoms with Crippen LogP contribution in [0.2, 0.25) is 0 Å².